The van der Waals surface area contributed by atoms with E-state index in [1.54, 1.807) is 30.7 Å². The van der Waals surface area contributed by atoms with Gasteiger partial charge in [-0.25, -0.2) is 0 Å². The molecule has 0 aliphatic carbocycles. The fraction of sp³-hybridized carbons (Fsp3) is 0.438. The average Bonchev–Trinajstić information content (AvgIpc) is 3.07. The first-order valence-corrected chi connectivity index (χ1v) is 8.88. The molecule has 0 fully saturated rings. The summed E-state index contributed by atoms with van der Waals surface area (Å²) < 4.78 is 47.4. The molecule has 27 heavy (non-hydrogen) atoms. The Morgan fingerprint density at radius 1 is 1.33 bits per heavy atom. The van der Waals surface area contributed by atoms with E-state index in [-0.39, 0.29) is 18.3 Å². The topological polar surface area (TPSA) is 78.3 Å². The highest BCUT2D eigenvalue weighted by atomic mass is 32.2. The Labute approximate surface area is 158 Å². The number of carbonyl (C=O) groups is 1. The summed E-state index contributed by atoms with van der Waals surface area (Å²) in [5, 5.41) is 10.9. The first-order valence-electron chi connectivity index (χ1n) is 7.89. The van der Waals surface area contributed by atoms with E-state index in [0.717, 1.165) is 17.4 Å². The molecule has 1 aromatic heterocycles. The van der Waals surface area contributed by atoms with Gasteiger partial charge in [-0.1, -0.05) is 11.8 Å². The van der Waals surface area contributed by atoms with Crippen LogP contribution >= 0.6 is 11.8 Å². The number of nitrogens with one attached hydrogen (secondary N) is 1. The van der Waals surface area contributed by atoms with Crippen molar-refractivity contribution in [2.45, 2.75) is 24.3 Å². The van der Waals surface area contributed by atoms with Crippen LogP contribution < -0.4 is 10.1 Å². The molecule has 0 aliphatic rings. The van der Waals surface area contributed by atoms with Gasteiger partial charge in [-0.15, -0.1) is 10.2 Å². The summed E-state index contributed by atoms with van der Waals surface area (Å²) in [6.07, 6.45) is -2.86. The maximum Gasteiger partial charge on any atom is 0.411 e. The number of ether oxygens (including phenoxy) is 2. The molecule has 0 spiro atoms. The summed E-state index contributed by atoms with van der Waals surface area (Å²) in [6.45, 7) is 0.00364. The summed E-state index contributed by atoms with van der Waals surface area (Å²) in [5.74, 6) is 0.410. The van der Waals surface area contributed by atoms with E-state index < -0.39 is 18.8 Å². The number of alkyl halides is 3. The van der Waals surface area contributed by atoms with E-state index in [1.807, 2.05) is 12.1 Å². The molecule has 1 aromatic carbocycles. The summed E-state index contributed by atoms with van der Waals surface area (Å²) >= 11 is 1.16. The molecule has 2 aromatic rings. The van der Waals surface area contributed by atoms with Crippen molar-refractivity contribution in [2.75, 3.05) is 26.1 Å². The lowest BCUT2D eigenvalue weighted by Crippen LogP contribution is -2.37. The normalized spacial score (nSPS) is 12.6. The van der Waals surface area contributed by atoms with Gasteiger partial charge in [0, 0.05) is 11.7 Å². The quantitative estimate of drug-likeness (QED) is 0.647. The number of hydrogen-bond donors (Lipinski definition) is 1. The number of benzene rings is 1. The van der Waals surface area contributed by atoms with Crippen LogP contribution in [0.3, 0.4) is 0 Å². The van der Waals surface area contributed by atoms with Gasteiger partial charge in [0.25, 0.3) is 0 Å². The molecule has 1 N–H and O–H groups in total. The molecule has 1 amide bonds. The van der Waals surface area contributed by atoms with Crippen LogP contribution in [-0.4, -0.2) is 59.0 Å². The fourth-order valence-electron chi connectivity index (χ4n) is 2.08. The third-order valence-corrected chi connectivity index (χ3v) is 4.18. The molecule has 0 bridgehead atoms. The maximum absolute atomic E-state index is 12.0. The number of nitrogens with zero attached hydrogens (tertiary/aromatic N) is 3. The van der Waals surface area contributed by atoms with Crippen molar-refractivity contribution in [3.8, 4) is 11.4 Å². The van der Waals surface area contributed by atoms with Gasteiger partial charge in [0.2, 0.25) is 5.91 Å². The largest absolute Gasteiger partial charge is 0.497 e. The molecule has 0 radical (unpaired) electrons. The molecule has 148 valence electrons. The third-order valence-electron chi connectivity index (χ3n) is 3.24. The number of thioether (sulfide) groups is 1. The first kappa shape index (κ1) is 21.0. The van der Waals surface area contributed by atoms with E-state index in [1.165, 1.54) is 6.33 Å². The van der Waals surface area contributed by atoms with E-state index in [4.69, 9.17) is 4.74 Å². The second-order valence-corrected chi connectivity index (χ2v) is 6.51. The standard InChI is InChI=1S/C16H19F3N4O3S/c1-11(7-26-9-16(17,18)19)21-14(24)8-27-15-22-20-10-23(15)12-3-5-13(25-2)6-4-12/h3-6,10-11H,7-9H2,1-2H3,(H,21,24). The van der Waals surface area contributed by atoms with Gasteiger partial charge in [0.05, 0.1) is 19.5 Å². The Balaban J connectivity index is 1.82. The SMILES string of the molecule is COc1ccc(-n2cnnc2SCC(=O)NC(C)COCC(F)(F)F)cc1. The molecule has 7 nitrogen and oxygen atoms in total. The lowest BCUT2D eigenvalue weighted by molar-refractivity contribution is -0.175. The molecule has 1 unspecified atom stereocenters. The number of carbonyl (C=O) groups excluding carboxylic acids is 1. The minimum Gasteiger partial charge on any atom is -0.497 e. The molecule has 1 atom stereocenters. The molecule has 0 aliphatic heterocycles. The van der Waals surface area contributed by atoms with E-state index in [2.05, 4.69) is 20.3 Å². The highest BCUT2D eigenvalue weighted by molar-refractivity contribution is 7.99. The van der Waals surface area contributed by atoms with Gasteiger partial charge in [-0.2, -0.15) is 13.2 Å². The van der Waals surface area contributed by atoms with Crippen LogP contribution in [0.4, 0.5) is 13.2 Å². The summed E-state index contributed by atoms with van der Waals surface area (Å²) in [5.41, 5.74) is 0.803. The van der Waals surface area contributed by atoms with Gasteiger partial charge < -0.3 is 14.8 Å². The zero-order valence-electron chi connectivity index (χ0n) is 14.7. The van der Waals surface area contributed by atoms with Gasteiger partial charge in [-0.05, 0) is 31.2 Å². The van der Waals surface area contributed by atoms with Crippen LogP contribution in [0.15, 0.2) is 35.7 Å². The van der Waals surface area contributed by atoms with Gasteiger partial charge in [-0.3, -0.25) is 9.36 Å². The van der Waals surface area contributed by atoms with Crippen molar-refractivity contribution < 1.29 is 27.4 Å². The Bertz CT molecular complexity index is 737. The number of methoxy groups -OCH3 is 1. The van der Waals surface area contributed by atoms with Crippen LogP contribution in [0, 0.1) is 0 Å². The highest BCUT2D eigenvalue weighted by Crippen LogP contribution is 2.21. The van der Waals surface area contributed by atoms with Crippen LogP contribution in [0.25, 0.3) is 5.69 Å². The number of halogens is 3. The summed E-state index contributed by atoms with van der Waals surface area (Å²) in [7, 11) is 1.57. The number of aromatic nitrogens is 3. The number of rotatable bonds is 9. The molecule has 0 saturated heterocycles. The number of hydrogen-bond acceptors (Lipinski definition) is 6. The number of amides is 1. The van der Waals surface area contributed by atoms with E-state index >= 15 is 0 Å². The summed E-state index contributed by atoms with van der Waals surface area (Å²) in [6, 6.07) is 6.69. The highest BCUT2D eigenvalue weighted by Gasteiger charge is 2.27. The van der Waals surface area contributed by atoms with Crippen LogP contribution in [0.2, 0.25) is 0 Å². The van der Waals surface area contributed by atoms with E-state index in [9.17, 15) is 18.0 Å². The van der Waals surface area contributed by atoms with Crippen molar-refractivity contribution in [2.24, 2.45) is 0 Å². The zero-order chi connectivity index (χ0) is 19.9. The van der Waals surface area contributed by atoms with Crippen molar-refractivity contribution in [3.05, 3.63) is 30.6 Å². The Kier molecular flexibility index (Phi) is 7.48. The zero-order valence-corrected chi connectivity index (χ0v) is 15.5. The first-order chi connectivity index (χ1) is 12.8. The third kappa shape index (κ3) is 7.10. The monoisotopic (exact) mass is 404 g/mol. The Hall–Kier alpha value is -2.27. The second kappa shape index (κ2) is 9.60. The summed E-state index contributed by atoms with van der Waals surface area (Å²) in [4.78, 5) is 12.0. The lowest BCUT2D eigenvalue weighted by atomic mass is 10.3. The molecular weight excluding hydrogens is 385 g/mol. The van der Waals surface area contributed by atoms with Crippen LogP contribution in [-0.2, 0) is 9.53 Å². The van der Waals surface area contributed by atoms with E-state index in [0.29, 0.717) is 10.9 Å². The minimum atomic E-state index is -4.38. The lowest BCUT2D eigenvalue weighted by Gasteiger charge is -2.15. The fourth-order valence-corrected chi connectivity index (χ4v) is 2.82. The average molecular weight is 404 g/mol. The molecular formula is C16H19F3N4O3S. The minimum absolute atomic E-state index is 0.0401. The van der Waals surface area contributed by atoms with Crippen LogP contribution in [0.1, 0.15) is 6.92 Å². The maximum atomic E-state index is 12.0. The van der Waals surface area contributed by atoms with Gasteiger partial charge in [0.15, 0.2) is 5.16 Å². The van der Waals surface area contributed by atoms with Crippen molar-refractivity contribution >= 4 is 17.7 Å². The van der Waals surface area contributed by atoms with Gasteiger partial charge >= 0.3 is 6.18 Å². The molecule has 11 heteroatoms. The molecule has 0 saturated carbocycles. The molecule has 1 heterocycles. The Morgan fingerprint density at radius 3 is 2.67 bits per heavy atom. The Morgan fingerprint density at radius 2 is 2.04 bits per heavy atom. The van der Waals surface area contributed by atoms with Crippen molar-refractivity contribution in [1.29, 1.82) is 0 Å². The van der Waals surface area contributed by atoms with Gasteiger partial charge in [0.1, 0.15) is 18.7 Å². The smallest absolute Gasteiger partial charge is 0.411 e. The van der Waals surface area contributed by atoms with Crippen LogP contribution in [0.5, 0.6) is 5.75 Å². The van der Waals surface area contributed by atoms with Crippen molar-refractivity contribution in [1.82, 2.24) is 20.1 Å². The predicted octanol–water partition coefficient (Wildman–Crippen LogP) is 2.45. The predicted molar refractivity (Wildman–Crippen MR) is 93.1 cm³/mol. The second-order valence-electron chi connectivity index (χ2n) is 5.57. The molecule has 2 rings (SSSR count). The van der Waals surface area contributed by atoms with Crippen molar-refractivity contribution in [3.63, 3.8) is 0 Å².